The van der Waals surface area contributed by atoms with Crippen molar-refractivity contribution in [3.63, 3.8) is 0 Å². The van der Waals surface area contributed by atoms with E-state index in [4.69, 9.17) is 4.74 Å². The van der Waals surface area contributed by atoms with Gasteiger partial charge < -0.3 is 14.6 Å². The van der Waals surface area contributed by atoms with Crippen LogP contribution in [0.15, 0.2) is 30.3 Å². The molecule has 0 saturated heterocycles. The molecule has 17 heavy (non-hydrogen) atoms. The Morgan fingerprint density at radius 3 is 2.59 bits per heavy atom. The van der Waals surface area contributed by atoms with Gasteiger partial charge in [0, 0.05) is 5.92 Å². The first-order valence-electron chi connectivity index (χ1n) is 5.56. The first-order valence-corrected chi connectivity index (χ1v) is 5.56. The van der Waals surface area contributed by atoms with Crippen LogP contribution in [0.2, 0.25) is 0 Å². The minimum Gasteiger partial charge on any atom is -0.549 e. The van der Waals surface area contributed by atoms with Crippen LogP contribution in [0.4, 0.5) is 0 Å². The topological polar surface area (TPSA) is 66.4 Å². The van der Waals surface area contributed by atoms with Crippen molar-refractivity contribution < 1.29 is 19.4 Å². The highest BCUT2D eigenvalue weighted by molar-refractivity contribution is 6.03. The number of carbonyl (C=O) groups is 2. The van der Waals surface area contributed by atoms with Crippen LogP contribution in [0.1, 0.15) is 24.8 Å². The highest BCUT2D eigenvalue weighted by atomic mass is 16.5. The average molecular weight is 233 g/mol. The van der Waals surface area contributed by atoms with E-state index in [1.807, 2.05) is 30.3 Å². The number of carboxylic acids is 1. The van der Waals surface area contributed by atoms with Gasteiger partial charge in [0.2, 0.25) is 0 Å². The summed E-state index contributed by atoms with van der Waals surface area (Å²) in [6.45, 7) is 1.83. The maximum Gasteiger partial charge on any atom is 0.318 e. The molecule has 0 N–H and O–H groups in total. The molecule has 2 rings (SSSR count). The number of carbonyl (C=O) groups excluding carboxylic acids is 2. The summed E-state index contributed by atoms with van der Waals surface area (Å²) in [6, 6.07) is 9.11. The van der Waals surface area contributed by atoms with Crippen molar-refractivity contribution in [3.8, 4) is 0 Å². The quantitative estimate of drug-likeness (QED) is 0.560. The molecule has 1 fully saturated rings. The number of hydrogen-bond donors (Lipinski definition) is 0. The fourth-order valence-corrected chi connectivity index (χ4v) is 2.15. The van der Waals surface area contributed by atoms with E-state index in [0.29, 0.717) is 0 Å². The molecule has 1 aromatic rings. The molecule has 2 unspecified atom stereocenters. The third-order valence-corrected chi connectivity index (χ3v) is 3.17. The van der Waals surface area contributed by atoms with E-state index in [1.54, 1.807) is 6.92 Å². The van der Waals surface area contributed by atoms with Gasteiger partial charge in [-0.15, -0.1) is 0 Å². The number of carboxylic acid groups (broad SMARTS) is 1. The number of esters is 1. The number of benzene rings is 1. The lowest BCUT2D eigenvalue weighted by Crippen LogP contribution is -2.40. The smallest absolute Gasteiger partial charge is 0.318 e. The van der Waals surface area contributed by atoms with Gasteiger partial charge in [-0.1, -0.05) is 30.3 Å². The molecule has 0 spiro atoms. The Bertz CT molecular complexity index is 440. The zero-order valence-electron chi connectivity index (χ0n) is 9.51. The molecule has 4 nitrogen and oxygen atoms in total. The lowest BCUT2D eigenvalue weighted by atomic mass is 9.99. The van der Waals surface area contributed by atoms with Gasteiger partial charge in [-0.25, -0.2) is 0 Å². The van der Waals surface area contributed by atoms with Crippen LogP contribution in [-0.2, 0) is 14.3 Å². The Labute approximate surface area is 99.2 Å². The van der Waals surface area contributed by atoms with E-state index >= 15 is 0 Å². The Morgan fingerprint density at radius 2 is 2.06 bits per heavy atom. The SMILES string of the molecule is CCOC(=O)C1(C(=O)[O-])CC1c1ccccc1. The van der Waals surface area contributed by atoms with Crippen LogP contribution in [0, 0.1) is 5.41 Å². The first kappa shape index (κ1) is 11.6. The summed E-state index contributed by atoms with van der Waals surface area (Å²) in [5.41, 5.74) is -0.637. The molecule has 90 valence electrons. The second-order valence-corrected chi connectivity index (χ2v) is 4.15. The summed E-state index contributed by atoms with van der Waals surface area (Å²) in [5, 5.41) is 11.2. The molecular weight excluding hydrogens is 220 g/mol. The molecule has 0 radical (unpaired) electrons. The van der Waals surface area contributed by atoms with Crippen LogP contribution >= 0.6 is 0 Å². The molecule has 0 heterocycles. The Hall–Kier alpha value is -1.84. The monoisotopic (exact) mass is 233 g/mol. The van der Waals surface area contributed by atoms with Gasteiger partial charge in [0.1, 0.15) is 5.41 Å². The van der Waals surface area contributed by atoms with Crippen LogP contribution in [0.3, 0.4) is 0 Å². The minimum atomic E-state index is -1.47. The van der Waals surface area contributed by atoms with Gasteiger partial charge in [0.05, 0.1) is 12.6 Å². The zero-order valence-corrected chi connectivity index (χ0v) is 9.51. The fourth-order valence-electron chi connectivity index (χ4n) is 2.15. The van der Waals surface area contributed by atoms with Crippen molar-refractivity contribution >= 4 is 11.9 Å². The van der Waals surface area contributed by atoms with E-state index in [0.717, 1.165) is 5.56 Å². The molecule has 1 aliphatic rings. The van der Waals surface area contributed by atoms with Gasteiger partial charge in [0.25, 0.3) is 0 Å². The Kier molecular flexibility index (Phi) is 2.88. The van der Waals surface area contributed by atoms with Gasteiger partial charge >= 0.3 is 5.97 Å². The van der Waals surface area contributed by atoms with Crippen molar-refractivity contribution in [1.82, 2.24) is 0 Å². The van der Waals surface area contributed by atoms with Crippen molar-refractivity contribution in [3.05, 3.63) is 35.9 Å². The largest absolute Gasteiger partial charge is 0.549 e. The van der Waals surface area contributed by atoms with E-state index in [2.05, 4.69) is 0 Å². The van der Waals surface area contributed by atoms with E-state index in [9.17, 15) is 14.7 Å². The molecular formula is C13H13O4-. The maximum absolute atomic E-state index is 11.7. The zero-order chi connectivity index (χ0) is 12.5. The second kappa shape index (κ2) is 4.20. The predicted octanol–water partition coefficient (Wildman–Crippen LogP) is 0.473. The molecule has 4 heteroatoms. The standard InChI is InChI=1S/C13H14O4/c1-2-17-12(16)13(11(14)15)8-10(13)9-6-4-3-5-7-9/h3-7,10H,2,8H2,1H3,(H,14,15)/p-1. The number of rotatable bonds is 4. The second-order valence-electron chi connectivity index (χ2n) is 4.15. The van der Waals surface area contributed by atoms with Crippen molar-refractivity contribution in [2.75, 3.05) is 6.61 Å². The molecule has 0 bridgehead atoms. The minimum absolute atomic E-state index is 0.176. The van der Waals surface area contributed by atoms with Crippen molar-refractivity contribution in [1.29, 1.82) is 0 Å². The molecule has 1 aliphatic carbocycles. The average Bonchev–Trinajstić information content (AvgIpc) is 3.07. The third-order valence-electron chi connectivity index (χ3n) is 3.17. The summed E-state index contributed by atoms with van der Waals surface area (Å²) in [5.74, 6) is -2.36. The summed E-state index contributed by atoms with van der Waals surface area (Å²) < 4.78 is 4.82. The fraction of sp³-hybridized carbons (Fsp3) is 0.385. The van der Waals surface area contributed by atoms with Crippen LogP contribution in [0.5, 0.6) is 0 Å². The van der Waals surface area contributed by atoms with E-state index in [1.165, 1.54) is 0 Å². The normalized spacial score (nSPS) is 26.3. The molecule has 1 aromatic carbocycles. The van der Waals surface area contributed by atoms with Crippen LogP contribution in [0.25, 0.3) is 0 Å². The van der Waals surface area contributed by atoms with Crippen LogP contribution < -0.4 is 5.11 Å². The third kappa shape index (κ3) is 1.79. The van der Waals surface area contributed by atoms with Gasteiger partial charge in [0.15, 0.2) is 0 Å². The predicted molar refractivity (Wildman–Crippen MR) is 57.9 cm³/mol. The van der Waals surface area contributed by atoms with E-state index in [-0.39, 0.29) is 18.9 Å². The number of aliphatic carboxylic acids is 1. The lowest BCUT2D eigenvalue weighted by Gasteiger charge is -2.16. The van der Waals surface area contributed by atoms with E-state index < -0.39 is 17.4 Å². The summed E-state index contributed by atoms with van der Waals surface area (Å²) in [6.07, 6.45) is 0.262. The molecule has 1 saturated carbocycles. The molecule has 2 atom stereocenters. The van der Waals surface area contributed by atoms with Gasteiger partial charge in [-0.05, 0) is 18.9 Å². The highest BCUT2D eigenvalue weighted by Gasteiger charge is 2.63. The Balaban J connectivity index is 2.25. The highest BCUT2D eigenvalue weighted by Crippen LogP contribution is 2.59. The summed E-state index contributed by atoms with van der Waals surface area (Å²) in [7, 11) is 0. The Morgan fingerprint density at radius 1 is 1.41 bits per heavy atom. The van der Waals surface area contributed by atoms with Gasteiger partial charge in [-0.2, -0.15) is 0 Å². The van der Waals surface area contributed by atoms with Gasteiger partial charge in [-0.3, -0.25) is 4.79 Å². The molecule has 0 aromatic heterocycles. The maximum atomic E-state index is 11.7. The summed E-state index contributed by atoms with van der Waals surface area (Å²) >= 11 is 0. The number of ether oxygens (including phenoxy) is 1. The lowest BCUT2D eigenvalue weighted by molar-refractivity contribution is -0.313. The van der Waals surface area contributed by atoms with Crippen molar-refractivity contribution in [2.24, 2.45) is 5.41 Å². The first-order chi connectivity index (χ1) is 8.13. The number of hydrogen-bond acceptors (Lipinski definition) is 4. The van der Waals surface area contributed by atoms with Crippen LogP contribution in [-0.4, -0.2) is 18.5 Å². The molecule has 0 aliphatic heterocycles. The van der Waals surface area contributed by atoms with Crippen molar-refractivity contribution in [2.45, 2.75) is 19.3 Å². The molecule has 0 amide bonds. The summed E-state index contributed by atoms with van der Waals surface area (Å²) in [4.78, 5) is 22.9.